The van der Waals surface area contributed by atoms with Crippen molar-refractivity contribution in [2.75, 3.05) is 24.5 Å². The van der Waals surface area contributed by atoms with Gasteiger partial charge in [0.05, 0.1) is 5.02 Å². The molecule has 2 unspecified atom stereocenters. The van der Waals surface area contributed by atoms with Gasteiger partial charge >= 0.3 is 0 Å². The summed E-state index contributed by atoms with van der Waals surface area (Å²) in [5, 5.41) is 0.218. The number of nitrogens with zero attached hydrogens (tertiary/aromatic N) is 2. The van der Waals surface area contributed by atoms with Crippen LogP contribution in [0, 0.1) is 5.82 Å². The Balaban J connectivity index is 1.81. The predicted molar refractivity (Wildman–Crippen MR) is 77.4 cm³/mol. The SMILES string of the molecule is CC1CN2CCCCC2CN1c1ccc(F)c(Cl)c1. The molecule has 0 bridgehead atoms. The first-order valence-electron chi connectivity index (χ1n) is 7.11. The normalized spacial score (nSPS) is 28.3. The van der Waals surface area contributed by atoms with Gasteiger partial charge in [0.25, 0.3) is 0 Å². The molecule has 0 N–H and O–H groups in total. The molecular weight excluding hydrogens is 263 g/mol. The highest BCUT2D eigenvalue weighted by Crippen LogP contribution is 2.30. The first kappa shape index (κ1) is 13.2. The van der Waals surface area contributed by atoms with E-state index in [4.69, 9.17) is 11.6 Å². The second kappa shape index (κ2) is 5.29. The van der Waals surface area contributed by atoms with Crippen molar-refractivity contribution in [3.8, 4) is 0 Å². The maximum absolute atomic E-state index is 13.3. The van der Waals surface area contributed by atoms with Gasteiger partial charge in [0.2, 0.25) is 0 Å². The number of piperazine rings is 1. The number of benzene rings is 1. The molecule has 2 atom stereocenters. The second-order valence-corrected chi connectivity index (χ2v) is 6.15. The van der Waals surface area contributed by atoms with Crippen molar-refractivity contribution in [2.45, 2.75) is 38.3 Å². The van der Waals surface area contributed by atoms with Crippen LogP contribution in [0.4, 0.5) is 10.1 Å². The van der Waals surface area contributed by atoms with Gasteiger partial charge in [-0.25, -0.2) is 4.39 Å². The van der Waals surface area contributed by atoms with Gasteiger partial charge in [0.1, 0.15) is 5.82 Å². The van der Waals surface area contributed by atoms with E-state index in [2.05, 4.69) is 16.7 Å². The lowest BCUT2D eigenvalue weighted by atomic mass is 9.96. The average Bonchev–Trinajstić information content (AvgIpc) is 2.41. The Labute approximate surface area is 119 Å². The zero-order valence-corrected chi connectivity index (χ0v) is 12.0. The van der Waals surface area contributed by atoms with Crippen LogP contribution in [0.1, 0.15) is 26.2 Å². The highest BCUT2D eigenvalue weighted by Gasteiger charge is 2.33. The van der Waals surface area contributed by atoms with Crippen LogP contribution >= 0.6 is 11.6 Å². The average molecular weight is 283 g/mol. The lowest BCUT2D eigenvalue weighted by Crippen LogP contribution is -2.58. The molecule has 2 saturated heterocycles. The van der Waals surface area contributed by atoms with Crippen molar-refractivity contribution in [2.24, 2.45) is 0 Å². The number of hydrogen-bond acceptors (Lipinski definition) is 2. The van der Waals surface area contributed by atoms with E-state index in [1.165, 1.54) is 31.9 Å². The minimum Gasteiger partial charge on any atom is -0.366 e. The zero-order chi connectivity index (χ0) is 13.4. The van der Waals surface area contributed by atoms with E-state index < -0.39 is 0 Å². The summed E-state index contributed by atoms with van der Waals surface area (Å²) in [5.41, 5.74) is 1.05. The minimum absolute atomic E-state index is 0.218. The molecule has 1 aromatic carbocycles. The van der Waals surface area contributed by atoms with Gasteiger partial charge < -0.3 is 4.90 Å². The summed E-state index contributed by atoms with van der Waals surface area (Å²) in [6.07, 6.45) is 3.93. The van der Waals surface area contributed by atoms with Gasteiger partial charge in [-0.2, -0.15) is 0 Å². The van der Waals surface area contributed by atoms with Crippen molar-refractivity contribution in [1.82, 2.24) is 4.90 Å². The van der Waals surface area contributed by atoms with Crippen LogP contribution in [0.5, 0.6) is 0 Å². The fourth-order valence-electron chi connectivity index (χ4n) is 3.38. The van der Waals surface area contributed by atoms with Crippen LogP contribution in [0.15, 0.2) is 18.2 Å². The van der Waals surface area contributed by atoms with Crippen LogP contribution in [-0.4, -0.2) is 36.6 Å². The quantitative estimate of drug-likeness (QED) is 0.777. The largest absolute Gasteiger partial charge is 0.366 e. The minimum atomic E-state index is -0.339. The Morgan fingerprint density at radius 3 is 2.89 bits per heavy atom. The van der Waals surface area contributed by atoms with Crippen molar-refractivity contribution in [3.63, 3.8) is 0 Å². The zero-order valence-electron chi connectivity index (χ0n) is 11.3. The van der Waals surface area contributed by atoms with Gasteiger partial charge in [-0.3, -0.25) is 4.90 Å². The first-order chi connectivity index (χ1) is 9.15. The molecule has 3 rings (SSSR count). The lowest BCUT2D eigenvalue weighted by molar-refractivity contribution is 0.115. The van der Waals surface area contributed by atoms with E-state index >= 15 is 0 Å². The Kier molecular flexibility index (Phi) is 3.68. The lowest BCUT2D eigenvalue weighted by Gasteiger charge is -2.48. The predicted octanol–water partition coefficient (Wildman–Crippen LogP) is 3.54. The molecule has 0 amide bonds. The highest BCUT2D eigenvalue weighted by atomic mass is 35.5. The third-order valence-electron chi connectivity index (χ3n) is 4.42. The molecule has 0 saturated carbocycles. The maximum atomic E-state index is 13.3. The monoisotopic (exact) mass is 282 g/mol. The topological polar surface area (TPSA) is 6.48 Å². The Hall–Kier alpha value is -0.800. The van der Waals surface area contributed by atoms with Gasteiger partial charge in [-0.05, 0) is 44.5 Å². The molecule has 2 heterocycles. The highest BCUT2D eigenvalue weighted by molar-refractivity contribution is 6.31. The van der Waals surface area contributed by atoms with Gasteiger partial charge in [-0.1, -0.05) is 18.0 Å². The number of anilines is 1. The van der Waals surface area contributed by atoms with Crippen molar-refractivity contribution < 1.29 is 4.39 Å². The summed E-state index contributed by atoms with van der Waals surface area (Å²) in [6.45, 7) is 5.60. The van der Waals surface area contributed by atoms with E-state index in [0.29, 0.717) is 12.1 Å². The number of rotatable bonds is 1. The fraction of sp³-hybridized carbons (Fsp3) is 0.600. The van der Waals surface area contributed by atoms with Crippen LogP contribution in [0.25, 0.3) is 0 Å². The number of fused-ring (bicyclic) bond motifs is 1. The molecule has 1 aromatic rings. The van der Waals surface area contributed by atoms with Gasteiger partial charge in [0.15, 0.2) is 0 Å². The summed E-state index contributed by atoms with van der Waals surface area (Å²) >= 11 is 5.91. The summed E-state index contributed by atoms with van der Waals surface area (Å²) in [4.78, 5) is 4.98. The third-order valence-corrected chi connectivity index (χ3v) is 4.71. The van der Waals surface area contributed by atoms with E-state index in [1.54, 1.807) is 6.07 Å². The molecule has 2 aliphatic heterocycles. The standard InChI is InChI=1S/C15H20ClFN2/c1-11-9-18-7-3-2-4-13(18)10-19(11)12-5-6-15(17)14(16)8-12/h5-6,8,11,13H,2-4,7,9-10H2,1H3. The van der Waals surface area contributed by atoms with Crippen LogP contribution in [0.2, 0.25) is 5.02 Å². The van der Waals surface area contributed by atoms with E-state index in [0.717, 1.165) is 18.8 Å². The molecule has 19 heavy (non-hydrogen) atoms. The van der Waals surface area contributed by atoms with Crippen molar-refractivity contribution in [1.29, 1.82) is 0 Å². The first-order valence-corrected chi connectivity index (χ1v) is 7.48. The summed E-state index contributed by atoms with van der Waals surface area (Å²) in [7, 11) is 0. The Morgan fingerprint density at radius 1 is 1.26 bits per heavy atom. The summed E-state index contributed by atoms with van der Waals surface area (Å²) in [6, 6.07) is 6.17. The number of piperidine rings is 1. The Morgan fingerprint density at radius 2 is 2.11 bits per heavy atom. The van der Waals surface area contributed by atoms with Gasteiger partial charge in [-0.15, -0.1) is 0 Å². The molecular formula is C15H20ClFN2. The molecule has 2 fully saturated rings. The number of hydrogen-bond donors (Lipinski definition) is 0. The molecule has 0 spiro atoms. The summed E-state index contributed by atoms with van der Waals surface area (Å²) < 4.78 is 13.3. The third kappa shape index (κ3) is 2.59. The maximum Gasteiger partial charge on any atom is 0.141 e. The number of halogens is 2. The molecule has 2 aliphatic rings. The van der Waals surface area contributed by atoms with Gasteiger partial charge in [0, 0.05) is 30.9 Å². The smallest absolute Gasteiger partial charge is 0.141 e. The van der Waals surface area contributed by atoms with Crippen LogP contribution in [0.3, 0.4) is 0 Å². The van der Waals surface area contributed by atoms with E-state index in [9.17, 15) is 4.39 Å². The molecule has 0 aliphatic carbocycles. The van der Waals surface area contributed by atoms with Crippen LogP contribution < -0.4 is 4.90 Å². The van der Waals surface area contributed by atoms with Crippen LogP contribution in [-0.2, 0) is 0 Å². The molecule has 0 radical (unpaired) electrons. The van der Waals surface area contributed by atoms with E-state index in [1.807, 2.05) is 6.07 Å². The molecule has 4 heteroatoms. The summed E-state index contributed by atoms with van der Waals surface area (Å²) in [5.74, 6) is -0.339. The van der Waals surface area contributed by atoms with Crippen molar-refractivity contribution in [3.05, 3.63) is 29.0 Å². The molecule has 2 nitrogen and oxygen atoms in total. The second-order valence-electron chi connectivity index (χ2n) is 5.74. The van der Waals surface area contributed by atoms with Crippen molar-refractivity contribution >= 4 is 17.3 Å². The molecule has 0 aromatic heterocycles. The fourth-order valence-corrected chi connectivity index (χ4v) is 3.55. The molecule has 104 valence electrons. The van der Waals surface area contributed by atoms with E-state index in [-0.39, 0.29) is 10.8 Å². The Bertz CT molecular complexity index is 465.